The van der Waals surface area contributed by atoms with Crippen LogP contribution in [0.25, 0.3) is 0 Å². The highest BCUT2D eigenvalue weighted by Crippen LogP contribution is 2.22. The number of amides is 1. The van der Waals surface area contributed by atoms with E-state index in [-0.39, 0.29) is 30.1 Å². The Kier molecular flexibility index (Phi) is 5.80. The zero-order chi connectivity index (χ0) is 17.5. The topological polar surface area (TPSA) is 104 Å². The molecule has 0 aromatic heterocycles. The highest BCUT2D eigenvalue weighted by molar-refractivity contribution is 5.94. The molecular formula is C16H16FN3O4. The van der Waals surface area contributed by atoms with Gasteiger partial charge in [0.25, 0.3) is 11.6 Å². The summed E-state index contributed by atoms with van der Waals surface area (Å²) in [6.45, 7) is 0.786. The van der Waals surface area contributed by atoms with E-state index in [0.29, 0.717) is 12.1 Å². The lowest BCUT2D eigenvalue weighted by Gasteiger charge is -2.08. The minimum absolute atomic E-state index is 0.0335. The maximum atomic E-state index is 13.4. The summed E-state index contributed by atoms with van der Waals surface area (Å²) >= 11 is 0. The summed E-state index contributed by atoms with van der Waals surface area (Å²) in [5, 5.41) is 25.9. The Morgan fingerprint density at radius 1 is 1.21 bits per heavy atom. The van der Waals surface area contributed by atoms with E-state index in [4.69, 9.17) is 0 Å². The second-order valence-electron chi connectivity index (χ2n) is 4.98. The van der Waals surface area contributed by atoms with Crippen LogP contribution < -0.4 is 10.6 Å². The average Bonchev–Trinajstić information content (AvgIpc) is 2.56. The molecule has 3 N–H and O–H groups in total. The summed E-state index contributed by atoms with van der Waals surface area (Å²) in [7, 11) is 0. The predicted octanol–water partition coefficient (Wildman–Crippen LogP) is 1.96. The smallest absolute Gasteiger partial charge is 0.270 e. The average molecular weight is 333 g/mol. The SMILES string of the molecule is O=C(NCCNCc1cc([N+](=O)[O-])ccc1O)c1ccccc1F. The number of carbonyl (C=O) groups excluding carboxylic acids is 1. The summed E-state index contributed by atoms with van der Waals surface area (Å²) in [6, 6.07) is 9.42. The van der Waals surface area contributed by atoms with Gasteiger partial charge in [0.1, 0.15) is 11.6 Å². The molecule has 0 radical (unpaired) electrons. The number of hydrogen-bond acceptors (Lipinski definition) is 5. The standard InChI is InChI=1S/C16H16FN3O4/c17-14-4-2-1-3-13(14)16(22)19-8-7-18-10-11-9-12(20(23)24)5-6-15(11)21/h1-6,9,18,21H,7-8,10H2,(H,19,22). The van der Waals surface area contributed by atoms with E-state index in [2.05, 4.69) is 10.6 Å². The normalized spacial score (nSPS) is 10.4. The zero-order valence-corrected chi connectivity index (χ0v) is 12.7. The highest BCUT2D eigenvalue weighted by Gasteiger charge is 2.11. The van der Waals surface area contributed by atoms with Gasteiger partial charge in [0.2, 0.25) is 0 Å². The van der Waals surface area contributed by atoms with Crippen molar-refractivity contribution in [2.45, 2.75) is 6.54 Å². The van der Waals surface area contributed by atoms with Crippen LogP contribution in [-0.2, 0) is 6.54 Å². The van der Waals surface area contributed by atoms with Crippen molar-refractivity contribution in [3.05, 3.63) is 69.5 Å². The lowest BCUT2D eigenvalue weighted by Crippen LogP contribution is -2.32. The number of carbonyl (C=O) groups is 1. The number of nitro groups is 1. The third-order valence-corrected chi connectivity index (χ3v) is 3.30. The second-order valence-corrected chi connectivity index (χ2v) is 4.98. The molecule has 0 aliphatic heterocycles. The van der Waals surface area contributed by atoms with Crippen molar-refractivity contribution in [2.75, 3.05) is 13.1 Å². The van der Waals surface area contributed by atoms with Gasteiger partial charge >= 0.3 is 0 Å². The molecule has 24 heavy (non-hydrogen) atoms. The molecular weight excluding hydrogens is 317 g/mol. The van der Waals surface area contributed by atoms with Gasteiger partial charge in [-0.1, -0.05) is 12.1 Å². The van der Waals surface area contributed by atoms with E-state index >= 15 is 0 Å². The van der Waals surface area contributed by atoms with Gasteiger partial charge in [0.15, 0.2) is 0 Å². The van der Waals surface area contributed by atoms with Crippen molar-refractivity contribution in [3.63, 3.8) is 0 Å². The Labute approximate surface area is 137 Å². The number of aromatic hydroxyl groups is 1. The van der Waals surface area contributed by atoms with Crippen molar-refractivity contribution >= 4 is 11.6 Å². The first-order valence-corrected chi connectivity index (χ1v) is 7.19. The zero-order valence-electron chi connectivity index (χ0n) is 12.7. The number of rotatable bonds is 7. The minimum atomic E-state index is -0.593. The molecule has 0 heterocycles. The Hall–Kier alpha value is -3.00. The van der Waals surface area contributed by atoms with Crippen LogP contribution in [0.4, 0.5) is 10.1 Å². The van der Waals surface area contributed by atoms with Crippen molar-refractivity contribution < 1.29 is 19.2 Å². The van der Waals surface area contributed by atoms with Crippen LogP contribution in [0.3, 0.4) is 0 Å². The van der Waals surface area contributed by atoms with E-state index in [9.17, 15) is 24.4 Å². The van der Waals surface area contributed by atoms with Gasteiger partial charge in [-0.15, -0.1) is 0 Å². The maximum Gasteiger partial charge on any atom is 0.270 e. The molecule has 0 atom stereocenters. The summed E-state index contributed by atoms with van der Waals surface area (Å²) in [6.07, 6.45) is 0. The van der Waals surface area contributed by atoms with E-state index in [1.165, 1.54) is 36.4 Å². The number of nitrogens with one attached hydrogen (secondary N) is 2. The monoisotopic (exact) mass is 333 g/mol. The number of hydrogen-bond donors (Lipinski definition) is 3. The van der Waals surface area contributed by atoms with E-state index in [0.717, 1.165) is 0 Å². The van der Waals surface area contributed by atoms with Crippen molar-refractivity contribution in [1.29, 1.82) is 0 Å². The molecule has 2 aromatic carbocycles. The van der Waals surface area contributed by atoms with Gasteiger partial charge in [-0.05, 0) is 18.2 Å². The molecule has 0 bridgehead atoms. The van der Waals surface area contributed by atoms with E-state index < -0.39 is 16.6 Å². The first-order chi connectivity index (χ1) is 11.5. The highest BCUT2D eigenvalue weighted by atomic mass is 19.1. The molecule has 1 amide bonds. The number of phenolic OH excluding ortho intramolecular Hbond substituents is 1. The molecule has 0 spiro atoms. The van der Waals surface area contributed by atoms with Crippen molar-refractivity contribution in [1.82, 2.24) is 10.6 Å². The maximum absolute atomic E-state index is 13.4. The van der Waals surface area contributed by atoms with Crippen LogP contribution in [0, 0.1) is 15.9 Å². The van der Waals surface area contributed by atoms with Gasteiger partial charge < -0.3 is 15.7 Å². The first kappa shape index (κ1) is 17.4. The number of non-ortho nitro benzene ring substituents is 1. The van der Waals surface area contributed by atoms with Crippen LogP contribution in [0.1, 0.15) is 15.9 Å². The van der Waals surface area contributed by atoms with Gasteiger partial charge in [0, 0.05) is 37.3 Å². The molecule has 0 fully saturated rings. The summed E-state index contributed by atoms with van der Waals surface area (Å²) in [4.78, 5) is 21.9. The van der Waals surface area contributed by atoms with E-state index in [1.807, 2.05) is 0 Å². The minimum Gasteiger partial charge on any atom is -0.508 e. The van der Waals surface area contributed by atoms with Gasteiger partial charge in [0.05, 0.1) is 10.5 Å². The third-order valence-electron chi connectivity index (χ3n) is 3.30. The number of nitrogens with zero attached hydrogens (tertiary/aromatic N) is 1. The Morgan fingerprint density at radius 3 is 2.67 bits per heavy atom. The largest absolute Gasteiger partial charge is 0.508 e. The number of nitro benzene ring substituents is 1. The van der Waals surface area contributed by atoms with Crippen LogP contribution in [-0.4, -0.2) is 29.0 Å². The molecule has 0 aliphatic carbocycles. The lowest BCUT2D eigenvalue weighted by atomic mass is 10.2. The lowest BCUT2D eigenvalue weighted by molar-refractivity contribution is -0.384. The van der Waals surface area contributed by atoms with Crippen LogP contribution in [0.2, 0.25) is 0 Å². The van der Waals surface area contributed by atoms with E-state index in [1.54, 1.807) is 6.07 Å². The number of halogens is 1. The van der Waals surface area contributed by atoms with Gasteiger partial charge in [-0.2, -0.15) is 0 Å². The fraction of sp³-hybridized carbons (Fsp3) is 0.188. The molecule has 0 saturated heterocycles. The summed E-state index contributed by atoms with van der Waals surface area (Å²) < 4.78 is 13.4. The number of phenols is 1. The summed E-state index contributed by atoms with van der Waals surface area (Å²) in [5.74, 6) is -1.17. The number of benzene rings is 2. The summed E-state index contributed by atoms with van der Waals surface area (Å²) in [5.41, 5.74) is 0.232. The Bertz CT molecular complexity index is 752. The molecule has 126 valence electrons. The quantitative estimate of drug-likeness (QED) is 0.408. The Morgan fingerprint density at radius 2 is 1.96 bits per heavy atom. The van der Waals surface area contributed by atoms with Crippen molar-refractivity contribution in [2.24, 2.45) is 0 Å². The van der Waals surface area contributed by atoms with Gasteiger partial charge in [-0.3, -0.25) is 14.9 Å². The molecule has 0 unspecified atom stereocenters. The molecule has 2 rings (SSSR count). The molecule has 8 heteroatoms. The molecule has 0 saturated carbocycles. The Balaban J connectivity index is 1.79. The van der Waals surface area contributed by atoms with Crippen LogP contribution >= 0.6 is 0 Å². The van der Waals surface area contributed by atoms with Gasteiger partial charge in [-0.25, -0.2) is 4.39 Å². The third kappa shape index (κ3) is 4.50. The second kappa shape index (κ2) is 8.02. The first-order valence-electron chi connectivity index (χ1n) is 7.19. The molecule has 2 aromatic rings. The molecule has 0 aliphatic rings. The van der Waals surface area contributed by atoms with Crippen molar-refractivity contribution in [3.8, 4) is 5.75 Å². The van der Waals surface area contributed by atoms with Crippen LogP contribution in [0.5, 0.6) is 5.75 Å². The molecule has 7 nitrogen and oxygen atoms in total. The fourth-order valence-corrected chi connectivity index (χ4v) is 2.06. The predicted molar refractivity (Wildman–Crippen MR) is 85.2 cm³/mol. The van der Waals surface area contributed by atoms with Crippen LogP contribution in [0.15, 0.2) is 42.5 Å². The fourth-order valence-electron chi connectivity index (χ4n) is 2.06.